The monoisotopic (exact) mass is 477 g/mol. The van der Waals surface area contributed by atoms with E-state index in [0.717, 1.165) is 37.4 Å². The Balaban J connectivity index is 1.46. The second-order valence-corrected chi connectivity index (χ2v) is 8.81. The fourth-order valence-electron chi connectivity index (χ4n) is 4.33. The van der Waals surface area contributed by atoms with E-state index >= 15 is 0 Å². The minimum absolute atomic E-state index is 0.0922. The molecule has 2 aromatic carbocycles. The maximum atomic E-state index is 13.4. The molecular weight excluding hydrogens is 449 g/mol. The number of fused-ring (bicyclic) bond motifs is 1. The lowest BCUT2D eigenvalue weighted by atomic mass is 10.0. The van der Waals surface area contributed by atoms with Gasteiger partial charge in [-0.05, 0) is 49.5 Å². The van der Waals surface area contributed by atoms with Crippen LogP contribution in [0.3, 0.4) is 0 Å². The number of piperazine rings is 1. The Kier molecular flexibility index (Phi) is 6.50. The molecule has 1 amide bonds. The number of methoxy groups -OCH3 is 1. The maximum Gasteiger partial charge on any atom is 0.254 e. The first-order chi connectivity index (χ1) is 17.0. The number of benzene rings is 2. The van der Waals surface area contributed by atoms with Crippen molar-refractivity contribution in [3.8, 4) is 17.4 Å². The second-order valence-electron chi connectivity index (χ2n) is 8.81. The normalized spacial score (nSPS) is 16.1. The van der Waals surface area contributed by atoms with Crippen LogP contribution in [-0.2, 0) is 13.0 Å². The van der Waals surface area contributed by atoms with E-state index in [1.807, 2.05) is 6.07 Å². The minimum Gasteiger partial charge on any atom is -0.497 e. The molecule has 3 aromatic rings. The van der Waals surface area contributed by atoms with E-state index < -0.39 is 0 Å². The third-order valence-electron chi connectivity index (χ3n) is 6.43. The van der Waals surface area contributed by atoms with Gasteiger partial charge >= 0.3 is 0 Å². The van der Waals surface area contributed by atoms with Gasteiger partial charge < -0.3 is 24.2 Å². The van der Waals surface area contributed by atoms with E-state index in [4.69, 9.17) is 19.4 Å². The molecule has 0 N–H and O–H groups in total. The number of ether oxygens (including phenoxy) is 2. The molecule has 2 aliphatic heterocycles. The smallest absolute Gasteiger partial charge is 0.254 e. The summed E-state index contributed by atoms with van der Waals surface area (Å²) in [6.07, 6.45) is 0.591. The van der Waals surface area contributed by atoms with Gasteiger partial charge in [0.2, 0.25) is 11.8 Å². The standard InChI is InChI=1S/C26H28FN5O3/c1-30-12-14-31(15-13-30)26-28-23-10-11-32(25(33)18-4-3-5-21(16-18)34-2)17-22(23)24(29-26)35-20-8-6-19(27)7-9-20/h3-9,16H,10-15,17H2,1-2H3. The van der Waals surface area contributed by atoms with Crippen LogP contribution in [0, 0.1) is 5.82 Å². The minimum atomic E-state index is -0.338. The fourth-order valence-corrected chi connectivity index (χ4v) is 4.33. The number of nitrogens with zero attached hydrogens (tertiary/aromatic N) is 5. The summed E-state index contributed by atoms with van der Waals surface area (Å²) in [6.45, 7) is 4.37. The first-order valence-corrected chi connectivity index (χ1v) is 11.7. The average Bonchev–Trinajstić information content (AvgIpc) is 2.89. The molecule has 0 radical (unpaired) electrons. The highest BCUT2D eigenvalue weighted by Gasteiger charge is 2.29. The summed E-state index contributed by atoms with van der Waals surface area (Å²) in [7, 11) is 3.68. The predicted molar refractivity (Wildman–Crippen MR) is 130 cm³/mol. The van der Waals surface area contributed by atoms with Crippen molar-refractivity contribution in [3.63, 3.8) is 0 Å². The van der Waals surface area contributed by atoms with E-state index in [9.17, 15) is 9.18 Å². The molecule has 0 saturated carbocycles. The first kappa shape index (κ1) is 23.0. The molecular formula is C26H28FN5O3. The highest BCUT2D eigenvalue weighted by atomic mass is 19.1. The molecule has 9 heteroatoms. The lowest BCUT2D eigenvalue weighted by Gasteiger charge is -2.34. The quantitative estimate of drug-likeness (QED) is 0.558. The molecule has 0 spiro atoms. The zero-order chi connectivity index (χ0) is 24.4. The number of hydrogen-bond acceptors (Lipinski definition) is 7. The van der Waals surface area contributed by atoms with Gasteiger partial charge in [0.25, 0.3) is 5.91 Å². The molecule has 0 atom stereocenters. The van der Waals surface area contributed by atoms with Crippen molar-refractivity contribution < 1.29 is 18.7 Å². The van der Waals surface area contributed by atoms with Crippen LogP contribution in [-0.4, -0.2) is 72.6 Å². The van der Waals surface area contributed by atoms with E-state index in [-0.39, 0.29) is 11.7 Å². The second kappa shape index (κ2) is 9.87. The van der Waals surface area contributed by atoms with Crippen molar-refractivity contribution in [2.45, 2.75) is 13.0 Å². The molecule has 182 valence electrons. The molecule has 1 fully saturated rings. The fraction of sp³-hybridized carbons (Fsp3) is 0.346. The number of likely N-dealkylation sites (N-methyl/N-ethyl adjacent to an activating group) is 1. The number of rotatable bonds is 5. The van der Waals surface area contributed by atoms with Gasteiger partial charge in [-0.2, -0.15) is 4.98 Å². The summed E-state index contributed by atoms with van der Waals surface area (Å²) in [5.41, 5.74) is 2.21. The van der Waals surface area contributed by atoms with Gasteiger partial charge in [-0.3, -0.25) is 4.79 Å². The first-order valence-electron chi connectivity index (χ1n) is 11.7. The van der Waals surface area contributed by atoms with Crippen LogP contribution in [0.4, 0.5) is 10.3 Å². The summed E-state index contributed by atoms with van der Waals surface area (Å²) in [5, 5.41) is 0. The van der Waals surface area contributed by atoms with Gasteiger partial charge in [0.05, 0.1) is 24.9 Å². The molecule has 0 bridgehead atoms. The van der Waals surface area contributed by atoms with Crippen LogP contribution in [0.25, 0.3) is 0 Å². The summed E-state index contributed by atoms with van der Waals surface area (Å²) >= 11 is 0. The van der Waals surface area contributed by atoms with Gasteiger partial charge in [-0.1, -0.05) is 6.07 Å². The molecule has 3 heterocycles. The predicted octanol–water partition coefficient (Wildman–Crippen LogP) is 3.37. The van der Waals surface area contributed by atoms with Gasteiger partial charge in [0.1, 0.15) is 17.3 Å². The van der Waals surface area contributed by atoms with Crippen LogP contribution in [0.5, 0.6) is 17.4 Å². The number of anilines is 1. The lowest BCUT2D eigenvalue weighted by Crippen LogP contribution is -2.45. The number of amides is 1. The molecule has 2 aliphatic rings. The van der Waals surface area contributed by atoms with Gasteiger partial charge in [0.15, 0.2) is 0 Å². The Labute approximate surface area is 203 Å². The summed E-state index contributed by atoms with van der Waals surface area (Å²) < 4.78 is 24.9. The number of aromatic nitrogens is 2. The summed E-state index contributed by atoms with van der Waals surface area (Å²) in [5.74, 6) is 1.71. The zero-order valence-corrected chi connectivity index (χ0v) is 19.9. The Hall–Kier alpha value is -3.72. The number of carbonyl (C=O) groups excluding carboxylic acids is 1. The molecule has 0 unspecified atom stereocenters. The van der Waals surface area contributed by atoms with Crippen LogP contribution in [0.1, 0.15) is 21.6 Å². The van der Waals surface area contributed by atoms with E-state index in [0.29, 0.717) is 48.4 Å². The molecule has 5 rings (SSSR count). The van der Waals surface area contributed by atoms with Crippen LogP contribution in [0.2, 0.25) is 0 Å². The maximum absolute atomic E-state index is 13.4. The lowest BCUT2D eigenvalue weighted by molar-refractivity contribution is 0.0731. The molecule has 1 aromatic heterocycles. The number of carbonyl (C=O) groups is 1. The van der Waals surface area contributed by atoms with Crippen LogP contribution in [0.15, 0.2) is 48.5 Å². The number of hydrogen-bond donors (Lipinski definition) is 0. The van der Waals surface area contributed by atoms with Crippen molar-refractivity contribution in [1.29, 1.82) is 0 Å². The van der Waals surface area contributed by atoms with Gasteiger partial charge in [-0.25, -0.2) is 9.37 Å². The third kappa shape index (κ3) is 5.05. The van der Waals surface area contributed by atoms with Crippen molar-refractivity contribution in [2.75, 3.05) is 51.8 Å². The van der Waals surface area contributed by atoms with Crippen molar-refractivity contribution in [1.82, 2.24) is 19.8 Å². The Bertz CT molecular complexity index is 1210. The average molecular weight is 478 g/mol. The molecule has 35 heavy (non-hydrogen) atoms. The Morgan fingerprint density at radius 1 is 0.971 bits per heavy atom. The van der Waals surface area contributed by atoms with E-state index in [1.54, 1.807) is 42.3 Å². The van der Waals surface area contributed by atoms with Crippen molar-refractivity contribution in [3.05, 3.63) is 71.2 Å². The molecule has 1 saturated heterocycles. The Morgan fingerprint density at radius 3 is 2.49 bits per heavy atom. The zero-order valence-electron chi connectivity index (χ0n) is 19.9. The molecule has 8 nitrogen and oxygen atoms in total. The summed E-state index contributed by atoms with van der Waals surface area (Å²) in [6, 6.07) is 13.0. The number of halogens is 1. The van der Waals surface area contributed by atoms with Crippen molar-refractivity contribution in [2.24, 2.45) is 0 Å². The van der Waals surface area contributed by atoms with Gasteiger partial charge in [-0.15, -0.1) is 0 Å². The highest BCUT2D eigenvalue weighted by Crippen LogP contribution is 2.32. The van der Waals surface area contributed by atoms with Gasteiger partial charge in [0, 0.05) is 44.7 Å². The van der Waals surface area contributed by atoms with Crippen LogP contribution < -0.4 is 14.4 Å². The summed E-state index contributed by atoms with van der Waals surface area (Å²) in [4.78, 5) is 29.1. The Morgan fingerprint density at radius 2 is 1.74 bits per heavy atom. The topological polar surface area (TPSA) is 71.0 Å². The van der Waals surface area contributed by atoms with E-state index in [1.165, 1.54) is 12.1 Å². The highest BCUT2D eigenvalue weighted by molar-refractivity contribution is 5.94. The molecule has 0 aliphatic carbocycles. The van der Waals surface area contributed by atoms with Crippen LogP contribution >= 0.6 is 0 Å². The SMILES string of the molecule is COc1cccc(C(=O)N2CCc3nc(N4CCN(C)CC4)nc(Oc4ccc(F)cc4)c3C2)c1. The van der Waals surface area contributed by atoms with Crippen molar-refractivity contribution >= 4 is 11.9 Å². The van der Waals surface area contributed by atoms with E-state index in [2.05, 4.69) is 16.8 Å². The largest absolute Gasteiger partial charge is 0.497 e. The third-order valence-corrected chi connectivity index (χ3v) is 6.43.